The average Bonchev–Trinajstić information content (AvgIpc) is 2.46. The van der Waals surface area contributed by atoms with Gasteiger partial charge in [0.2, 0.25) is 0 Å². The molecule has 5 heteroatoms. The SMILES string of the molecule is COc1cc(C(=O)N2CC(C)OC(CBr)C2)ccc1C. The monoisotopic (exact) mass is 341 g/mol. The summed E-state index contributed by atoms with van der Waals surface area (Å²) in [4.78, 5) is 14.4. The Hall–Kier alpha value is -1.07. The van der Waals surface area contributed by atoms with Crippen LogP contribution in [0.1, 0.15) is 22.8 Å². The first kappa shape index (κ1) is 15.3. The Balaban J connectivity index is 2.18. The van der Waals surface area contributed by atoms with Gasteiger partial charge < -0.3 is 14.4 Å². The number of methoxy groups -OCH3 is 1. The Morgan fingerprint density at radius 2 is 2.25 bits per heavy atom. The molecule has 0 bridgehead atoms. The van der Waals surface area contributed by atoms with E-state index in [4.69, 9.17) is 9.47 Å². The van der Waals surface area contributed by atoms with Crippen LogP contribution in [0.15, 0.2) is 18.2 Å². The van der Waals surface area contributed by atoms with Gasteiger partial charge in [-0.15, -0.1) is 0 Å². The molecule has 0 saturated carbocycles. The van der Waals surface area contributed by atoms with Crippen LogP contribution in [-0.4, -0.2) is 48.5 Å². The van der Waals surface area contributed by atoms with Crippen molar-refractivity contribution >= 4 is 21.8 Å². The van der Waals surface area contributed by atoms with E-state index in [1.807, 2.05) is 30.9 Å². The van der Waals surface area contributed by atoms with Crippen molar-refractivity contribution in [2.75, 3.05) is 25.5 Å². The standard InChI is InChI=1S/C15H20BrNO3/c1-10-4-5-12(6-14(10)19-3)15(18)17-8-11(2)20-13(7-16)9-17/h4-6,11,13H,7-9H2,1-3H3. The third-order valence-electron chi connectivity index (χ3n) is 3.44. The number of halogens is 1. The number of hydrogen-bond donors (Lipinski definition) is 0. The highest BCUT2D eigenvalue weighted by Crippen LogP contribution is 2.22. The summed E-state index contributed by atoms with van der Waals surface area (Å²) < 4.78 is 11.0. The summed E-state index contributed by atoms with van der Waals surface area (Å²) in [5.74, 6) is 0.776. The number of benzene rings is 1. The topological polar surface area (TPSA) is 38.8 Å². The van der Waals surface area contributed by atoms with E-state index in [1.165, 1.54) is 0 Å². The van der Waals surface area contributed by atoms with Crippen molar-refractivity contribution in [3.05, 3.63) is 29.3 Å². The van der Waals surface area contributed by atoms with Gasteiger partial charge in [-0.05, 0) is 31.5 Å². The molecule has 0 N–H and O–H groups in total. The van der Waals surface area contributed by atoms with Gasteiger partial charge in [0.1, 0.15) is 5.75 Å². The van der Waals surface area contributed by atoms with E-state index in [1.54, 1.807) is 13.2 Å². The van der Waals surface area contributed by atoms with E-state index < -0.39 is 0 Å². The minimum atomic E-state index is 0.0319. The van der Waals surface area contributed by atoms with Crippen molar-refractivity contribution < 1.29 is 14.3 Å². The maximum absolute atomic E-state index is 12.6. The largest absolute Gasteiger partial charge is 0.496 e. The maximum atomic E-state index is 12.6. The Bertz CT molecular complexity index is 492. The molecule has 2 atom stereocenters. The Labute approximate surface area is 128 Å². The maximum Gasteiger partial charge on any atom is 0.254 e. The number of aryl methyl sites for hydroxylation is 1. The van der Waals surface area contributed by atoms with Crippen LogP contribution in [0, 0.1) is 6.92 Å². The van der Waals surface area contributed by atoms with Crippen LogP contribution >= 0.6 is 15.9 Å². The zero-order valence-corrected chi connectivity index (χ0v) is 13.6. The van der Waals surface area contributed by atoms with Crippen LogP contribution in [0.4, 0.5) is 0 Å². The summed E-state index contributed by atoms with van der Waals surface area (Å²) in [7, 11) is 1.62. The first-order chi connectivity index (χ1) is 9.55. The quantitative estimate of drug-likeness (QED) is 0.793. The molecule has 1 amide bonds. The first-order valence-electron chi connectivity index (χ1n) is 6.70. The van der Waals surface area contributed by atoms with E-state index in [0.29, 0.717) is 18.7 Å². The average molecular weight is 342 g/mol. The molecule has 1 aromatic rings. The summed E-state index contributed by atoms with van der Waals surface area (Å²) in [5, 5.41) is 0.734. The number of nitrogens with zero attached hydrogens (tertiary/aromatic N) is 1. The number of alkyl halides is 1. The fourth-order valence-electron chi connectivity index (χ4n) is 2.43. The normalized spacial score (nSPS) is 22.7. The Morgan fingerprint density at radius 3 is 2.90 bits per heavy atom. The van der Waals surface area contributed by atoms with Gasteiger partial charge in [0.05, 0.1) is 19.3 Å². The molecule has 1 fully saturated rings. The highest BCUT2D eigenvalue weighted by atomic mass is 79.9. The number of morpholine rings is 1. The van der Waals surface area contributed by atoms with Gasteiger partial charge in [0.25, 0.3) is 5.91 Å². The second kappa shape index (κ2) is 6.59. The Morgan fingerprint density at radius 1 is 1.50 bits per heavy atom. The molecule has 4 nitrogen and oxygen atoms in total. The van der Waals surface area contributed by atoms with E-state index in [-0.39, 0.29) is 18.1 Å². The Kier molecular flexibility index (Phi) is 5.05. The van der Waals surface area contributed by atoms with Crippen molar-refractivity contribution in [2.45, 2.75) is 26.1 Å². The number of carbonyl (C=O) groups excluding carboxylic acids is 1. The summed E-state index contributed by atoms with van der Waals surface area (Å²) in [6, 6.07) is 5.57. The molecule has 110 valence electrons. The molecule has 1 aliphatic heterocycles. The van der Waals surface area contributed by atoms with Crippen molar-refractivity contribution in [3.8, 4) is 5.75 Å². The molecule has 1 saturated heterocycles. The predicted octanol–water partition coefficient (Wildman–Crippen LogP) is 2.63. The number of hydrogen-bond acceptors (Lipinski definition) is 3. The zero-order chi connectivity index (χ0) is 14.7. The van der Waals surface area contributed by atoms with E-state index in [2.05, 4.69) is 15.9 Å². The van der Waals surface area contributed by atoms with E-state index in [0.717, 1.165) is 16.6 Å². The molecular weight excluding hydrogens is 322 g/mol. The van der Waals surface area contributed by atoms with Gasteiger partial charge in [-0.2, -0.15) is 0 Å². The number of rotatable bonds is 3. The third-order valence-corrected chi connectivity index (χ3v) is 4.16. The molecule has 2 unspecified atom stereocenters. The lowest BCUT2D eigenvalue weighted by atomic mass is 10.1. The summed E-state index contributed by atoms with van der Waals surface area (Å²) in [5.41, 5.74) is 1.69. The minimum Gasteiger partial charge on any atom is -0.496 e. The van der Waals surface area contributed by atoms with Crippen molar-refractivity contribution in [3.63, 3.8) is 0 Å². The fraction of sp³-hybridized carbons (Fsp3) is 0.533. The molecular formula is C15H20BrNO3. The number of ether oxygens (including phenoxy) is 2. The van der Waals surface area contributed by atoms with Crippen LogP contribution in [0.2, 0.25) is 0 Å². The second-order valence-corrected chi connectivity index (χ2v) is 5.77. The van der Waals surface area contributed by atoms with E-state index in [9.17, 15) is 4.79 Å². The van der Waals surface area contributed by atoms with Gasteiger partial charge in [0.15, 0.2) is 0 Å². The molecule has 0 aliphatic carbocycles. The third kappa shape index (κ3) is 3.33. The molecule has 1 aromatic carbocycles. The lowest BCUT2D eigenvalue weighted by molar-refractivity contribution is -0.0559. The summed E-state index contributed by atoms with van der Waals surface area (Å²) in [6.45, 7) is 5.19. The molecule has 0 radical (unpaired) electrons. The number of carbonyl (C=O) groups is 1. The van der Waals surface area contributed by atoms with Crippen LogP contribution in [0.5, 0.6) is 5.75 Å². The summed E-state index contributed by atoms with van der Waals surface area (Å²) in [6.07, 6.45) is 0.109. The molecule has 0 aromatic heterocycles. The zero-order valence-electron chi connectivity index (χ0n) is 12.1. The highest BCUT2D eigenvalue weighted by Gasteiger charge is 2.28. The van der Waals surface area contributed by atoms with Crippen LogP contribution in [0.3, 0.4) is 0 Å². The fourth-order valence-corrected chi connectivity index (χ4v) is 2.79. The van der Waals surface area contributed by atoms with Crippen molar-refractivity contribution in [2.24, 2.45) is 0 Å². The molecule has 1 aliphatic rings. The van der Waals surface area contributed by atoms with Gasteiger partial charge in [0, 0.05) is 24.0 Å². The summed E-state index contributed by atoms with van der Waals surface area (Å²) >= 11 is 3.42. The first-order valence-corrected chi connectivity index (χ1v) is 7.82. The van der Waals surface area contributed by atoms with Crippen LogP contribution in [0.25, 0.3) is 0 Å². The molecule has 2 rings (SSSR count). The minimum absolute atomic E-state index is 0.0319. The van der Waals surface area contributed by atoms with Gasteiger partial charge in [-0.1, -0.05) is 22.0 Å². The van der Waals surface area contributed by atoms with Crippen molar-refractivity contribution in [1.29, 1.82) is 0 Å². The van der Waals surface area contributed by atoms with Crippen molar-refractivity contribution in [1.82, 2.24) is 4.90 Å². The van der Waals surface area contributed by atoms with Gasteiger partial charge in [-0.25, -0.2) is 0 Å². The lowest BCUT2D eigenvalue weighted by Gasteiger charge is -2.36. The van der Waals surface area contributed by atoms with Gasteiger partial charge in [-0.3, -0.25) is 4.79 Å². The van der Waals surface area contributed by atoms with E-state index >= 15 is 0 Å². The van der Waals surface area contributed by atoms with Gasteiger partial charge >= 0.3 is 0 Å². The second-order valence-electron chi connectivity index (χ2n) is 5.12. The van der Waals surface area contributed by atoms with Crippen LogP contribution in [-0.2, 0) is 4.74 Å². The molecule has 1 heterocycles. The predicted molar refractivity (Wildman–Crippen MR) is 81.8 cm³/mol. The number of amides is 1. The molecule has 0 spiro atoms. The molecule has 20 heavy (non-hydrogen) atoms. The lowest BCUT2D eigenvalue weighted by Crippen LogP contribution is -2.49. The highest BCUT2D eigenvalue weighted by molar-refractivity contribution is 9.09. The smallest absolute Gasteiger partial charge is 0.254 e. The van der Waals surface area contributed by atoms with Crippen LogP contribution < -0.4 is 4.74 Å².